The Hall–Kier alpha value is -3.54. The highest BCUT2D eigenvalue weighted by Gasteiger charge is 2.28. The first-order valence-corrected chi connectivity index (χ1v) is 12.3. The summed E-state index contributed by atoms with van der Waals surface area (Å²) in [6.07, 6.45) is 3.64. The smallest absolute Gasteiger partial charge is 0.254 e. The van der Waals surface area contributed by atoms with Crippen LogP contribution in [0.25, 0.3) is 0 Å². The Bertz CT molecular complexity index is 1210. The van der Waals surface area contributed by atoms with E-state index in [9.17, 15) is 9.59 Å². The Kier molecular flexibility index (Phi) is 7.59. The van der Waals surface area contributed by atoms with Crippen molar-refractivity contribution < 1.29 is 9.59 Å². The molecule has 0 spiro atoms. The minimum atomic E-state index is -0.155. The number of carbonyl (C=O) groups excluding carboxylic acids is 2. The number of aryl methyl sites for hydroxylation is 4. The van der Waals surface area contributed by atoms with Crippen LogP contribution in [0.1, 0.15) is 68.5 Å². The molecular weight excluding hydrogens is 436 g/mol. The number of amides is 2. The summed E-state index contributed by atoms with van der Waals surface area (Å²) in [7, 11) is 0. The van der Waals surface area contributed by atoms with Crippen molar-refractivity contribution in [2.45, 2.75) is 59.4 Å². The third-order valence-electron chi connectivity index (χ3n) is 6.76. The average Bonchev–Trinajstić information content (AvgIpc) is 2.83. The van der Waals surface area contributed by atoms with Gasteiger partial charge in [-0.1, -0.05) is 53.6 Å². The molecule has 0 atom stereocenters. The molecule has 2 aromatic carbocycles. The first-order chi connectivity index (χ1) is 16.8. The van der Waals surface area contributed by atoms with Gasteiger partial charge in [0.15, 0.2) is 0 Å². The van der Waals surface area contributed by atoms with Crippen molar-refractivity contribution >= 4 is 11.8 Å². The summed E-state index contributed by atoms with van der Waals surface area (Å²) in [6.45, 7) is 9.80. The highest BCUT2D eigenvalue weighted by molar-refractivity contribution is 5.95. The molecule has 182 valence electrons. The molecule has 0 unspecified atom stereocenters. The van der Waals surface area contributed by atoms with E-state index in [4.69, 9.17) is 0 Å². The fourth-order valence-electron chi connectivity index (χ4n) is 4.91. The molecule has 0 aliphatic carbocycles. The van der Waals surface area contributed by atoms with Gasteiger partial charge in [0.1, 0.15) is 5.82 Å². The molecule has 1 aliphatic heterocycles. The summed E-state index contributed by atoms with van der Waals surface area (Å²) in [5, 5.41) is 3.04. The second-order valence-electron chi connectivity index (χ2n) is 9.65. The monoisotopic (exact) mass is 470 g/mol. The summed E-state index contributed by atoms with van der Waals surface area (Å²) in [6, 6.07) is 14.3. The lowest BCUT2D eigenvalue weighted by Crippen LogP contribution is -2.39. The van der Waals surface area contributed by atoms with Crippen LogP contribution in [0, 0.1) is 27.7 Å². The second kappa shape index (κ2) is 10.8. The Labute approximate surface area is 207 Å². The van der Waals surface area contributed by atoms with Crippen LogP contribution in [-0.4, -0.2) is 39.8 Å². The molecule has 6 heteroatoms. The summed E-state index contributed by atoms with van der Waals surface area (Å²) in [5.74, 6) is 0.783. The lowest BCUT2D eigenvalue weighted by molar-refractivity contribution is -0.131. The van der Waals surface area contributed by atoms with Crippen molar-refractivity contribution in [1.82, 2.24) is 20.2 Å². The van der Waals surface area contributed by atoms with Crippen LogP contribution in [0.4, 0.5) is 0 Å². The molecule has 3 aromatic rings. The summed E-state index contributed by atoms with van der Waals surface area (Å²) < 4.78 is 0. The van der Waals surface area contributed by atoms with Gasteiger partial charge in [0, 0.05) is 31.7 Å². The minimum Gasteiger partial charge on any atom is -0.348 e. The highest BCUT2D eigenvalue weighted by Crippen LogP contribution is 2.29. The Morgan fingerprint density at radius 2 is 1.69 bits per heavy atom. The van der Waals surface area contributed by atoms with Crippen LogP contribution in [0.15, 0.2) is 48.7 Å². The molecule has 0 saturated carbocycles. The van der Waals surface area contributed by atoms with Crippen molar-refractivity contribution in [3.8, 4) is 0 Å². The number of carbonyl (C=O) groups is 2. The predicted molar refractivity (Wildman–Crippen MR) is 137 cm³/mol. The zero-order valence-electron chi connectivity index (χ0n) is 21.1. The molecule has 1 saturated heterocycles. The van der Waals surface area contributed by atoms with E-state index >= 15 is 0 Å². The number of hydrogen-bond donors (Lipinski definition) is 1. The molecule has 1 fully saturated rings. The maximum atomic E-state index is 13.1. The SMILES string of the molecule is Cc1cc(C)cc(CNC(=O)c2cnc(C)nc2C2CCN(C(=O)Cc3ccccc3C)CC2)c1. The molecule has 4 rings (SSSR count). The fourth-order valence-corrected chi connectivity index (χ4v) is 4.91. The van der Waals surface area contributed by atoms with Gasteiger partial charge in [0.25, 0.3) is 5.91 Å². The van der Waals surface area contributed by atoms with Gasteiger partial charge in [-0.3, -0.25) is 9.59 Å². The van der Waals surface area contributed by atoms with Crippen molar-refractivity contribution in [1.29, 1.82) is 0 Å². The lowest BCUT2D eigenvalue weighted by Gasteiger charge is -2.32. The van der Waals surface area contributed by atoms with Crippen molar-refractivity contribution in [3.05, 3.63) is 93.6 Å². The van der Waals surface area contributed by atoms with Crippen LogP contribution >= 0.6 is 0 Å². The van der Waals surface area contributed by atoms with Gasteiger partial charge in [-0.05, 0) is 57.2 Å². The first-order valence-electron chi connectivity index (χ1n) is 12.3. The zero-order chi connectivity index (χ0) is 24.9. The molecular formula is C29H34N4O2. The van der Waals surface area contributed by atoms with E-state index in [0.717, 1.165) is 35.2 Å². The quantitative estimate of drug-likeness (QED) is 0.572. The van der Waals surface area contributed by atoms with E-state index < -0.39 is 0 Å². The van der Waals surface area contributed by atoms with Crippen molar-refractivity contribution in [2.75, 3.05) is 13.1 Å². The molecule has 0 bridgehead atoms. The number of hydrogen-bond acceptors (Lipinski definition) is 4. The third-order valence-corrected chi connectivity index (χ3v) is 6.76. The van der Waals surface area contributed by atoms with E-state index in [0.29, 0.717) is 37.4 Å². The van der Waals surface area contributed by atoms with Gasteiger partial charge in [0.05, 0.1) is 17.7 Å². The van der Waals surface area contributed by atoms with Crippen molar-refractivity contribution in [2.24, 2.45) is 0 Å². The topological polar surface area (TPSA) is 75.2 Å². The second-order valence-corrected chi connectivity index (χ2v) is 9.65. The van der Waals surface area contributed by atoms with E-state index in [1.807, 2.05) is 43.0 Å². The highest BCUT2D eigenvalue weighted by atomic mass is 16.2. The Morgan fingerprint density at radius 1 is 1.00 bits per heavy atom. The van der Waals surface area contributed by atoms with Gasteiger partial charge in [-0.2, -0.15) is 0 Å². The number of likely N-dealkylation sites (tertiary alicyclic amines) is 1. The van der Waals surface area contributed by atoms with Gasteiger partial charge in [0.2, 0.25) is 5.91 Å². The molecule has 2 heterocycles. The standard InChI is InChI=1S/C29H34N4O2/c1-19-13-20(2)15-23(14-19)17-31-29(35)26-18-30-22(4)32-28(26)24-9-11-33(12-10-24)27(34)16-25-8-6-5-7-21(25)3/h5-8,13-15,18,24H,9-12,16-17H2,1-4H3,(H,31,35). The maximum absolute atomic E-state index is 13.1. The van der Waals surface area contributed by atoms with Crippen LogP contribution < -0.4 is 5.32 Å². The Balaban J connectivity index is 1.41. The number of aromatic nitrogens is 2. The van der Waals surface area contributed by atoms with E-state index in [2.05, 4.69) is 47.3 Å². The molecule has 35 heavy (non-hydrogen) atoms. The average molecular weight is 471 g/mol. The van der Waals surface area contributed by atoms with Crippen LogP contribution in [0.5, 0.6) is 0 Å². The first kappa shape index (κ1) is 24.6. The third kappa shape index (κ3) is 6.13. The molecule has 1 aliphatic rings. The van der Waals surface area contributed by atoms with Gasteiger partial charge >= 0.3 is 0 Å². The molecule has 2 amide bonds. The number of rotatable bonds is 6. The van der Waals surface area contributed by atoms with E-state index in [1.165, 1.54) is 11.1 Å². The number of piperidine rings is 1. The molecule has 6 nitrogen and oxygen atoms in total. The largest absolute Gasteiger partial charge is 0.348 e. The fraction of sp³-hybridized carbons (Fsp3) is 0.379. The maximum Gasteiger partial charge on any atom is 0.254 e. The molecule has 1 aromatic heterocycles. The zero-order valence-corrected chi connectivity index (χ0v) is 21.1. The van der Waals surface area contributed by atoms with Crippen molar-refractivity contribution in [3.63, 3.8) is 0 Å². The predicted octanol–water partition coefficient (Wildman–Crippen LogP) is 4.59. The summed E-state index contributed by atoms with van der Waals surface area (Å²) >= 11 is 0. The normalized spacial score (nSPS) is 14.1. The van der Waals surface area contributed by atoms with Gasteiger partial charge in [-0.15, -0.1) is 0 Å². The summed E-state index contributed by atoms with van der Waals surface area (Å²) in [5.41, 5.74) is 6.98. The summed E-state index contributed by atoms with van der Waals surface area (Å²) in [4.78, 5) is 36.9. The molecule has 0 radical (unpaired) electrons. The van der Waals surface area contributed by atoms with Crippen LogP contribution in [-0.2, 0) is 17.8 Å². The number of nitrogens with one attached hydrogen (secondary N) is 1. The van der Waals surface area contributed by atoms with Gasteiger partial charge in [-0.25, -0.2) is 9.97 Å². The van der Waals surface area contributed by atoms with E-state index in [1.54, 1.807) is 6.20 Å². The minimum absolute atomic E-state index is 0.126. The molecule has 1 N–H and O–H groups in total. The lowest BCUT2D eigenvalue weighted by atomic mass is 9.90. The van der Waals surface area contributed by atoms with Crippen LogP contribution in [0.2, 0.25) is 0 Å². The van der Waals surface area contributed by atoms with Crippen LogP contribution in [0.3, 0.4) is 0 Å². The van der Waals surface area contributed by atoms with E-state index in [-0.39, 0.29) is 17.7 Å². The number of benzene rings is 2. The Morgan fingerprint density at radius 3 is 2.37 bits per heavy atom. The number of nitrogens with zero attached hydrogens (tertiary/aromatic N) is 3. The van der Waals surface area contributed by atoms with Gasteiger partial charge < -0.3 is 10.2 Å².